The van der Waals surface area contributed by atoms with E-state index in [2.05, 4.69) is 4.98 Å². The van der Waals surface area contributed by atoms with Crippen molar-refractivity contribution in [2.75, 3.05) is 17.3 Å². The van der Waals surface area contributed by atoms with Gasteiger partial charge in [-0.2, -0.15) is 0 Å². The minimum Gasteiger partial charge on any atom is -0.493 e. The van der Waals surface area contributed by atoms with Gasteiger partial charge in [-0.25, -0.2) is 4.90 Å². The number of para-hydroxylation sites is 1. The highest BCUT2D eigenvalue weighted by Crippen LogP contribution is 2.42. The number of rotatable bonds is 6. The van der Waals surface area contributed by atoms with E-state index in [0.29, 0.717) is 40.9 Å². The van der Waals surface area contributed by atoms with Gasteiger partial charge in [-0.05, 0) is 46.3 Å². The lowest BCUT2D eigenvalue weighted by Gasteiger charge is -2.33. The predicted octanol–water partition coefficient (Wildman–Crippen LogP) is 4.69. The maximum atomic E-state index is 13.6. The maximum Gasteiger partial charge on any atom is 0.325 e. The van der Waals surface area contributed by atoms with E-state index in [1.807, 2.05) is 81.4 Å². The maximum absolute atomic E-state index is 13.6. The third kappa shape index (κ3) is 3.87. The van der Waals surface area contributed by atoms with Gasteiger partial charge in [0.15, 0.2) is 0 Å². The molecule has 0 aliphatic carbocycles. The smallest absolute Gasteiger partial charge is 0.325 e. The summed E-state index contributed by atoms with van der Waals surface area (Å²) >= 11 is 1.45. The summed E-state index contributed by atoms with van der Waals surface area (Å²) in [6.45, 7) is 6.25. The molecule has 0 spiro atoms. The topological polar surface area (TPSA) is 79.2 Å². The number of aromatic amines is 1. The number of hydrogen-bond donors (Lipinski definition) is 1. The van der Waals surface area contributed by atoms with Crippen LogP contribution in [0.15, 0.2) is 70.6 Å². The minimum absolute atomic E-state index is 0.0669. The molecule has 8 heteroatoms. The molecule has 1 aromatic heterocycles. The standard InChI is InChI=1S/C27H26N4O3S/c1-4-22(32)30-20-14-10-9-13-19(20)24-25(33)28-27(35-6-3)29-31(24)26(30)23-18-12-8-7-11-17(18)15-16-21(23)34-5-2/h7-16,26H,4-6H2,1-3H3/p+1/t26-/m0/s1. The van der Waals surface area contributed by atoms with E-state index in [4.69, 9.17) is 9.84 Å². The average Bonchev–Trinajstić information content (AvgIpc) is 2.87. The number of hydrogen-bond acceptors (Lipinski definition) is 5. The molecule has 7 nitrogen and oxygen atoms in total. The van der Waals surface area contributed by atoms with Crippen molar-refractivity contribution in [3.05, 3.63) is 76.6 Å². The Hall–Kier alpha value is -3.65. The zero-order chi connectivity index (χ0) is 24.5. The van der Waals surface area contributed by atoms with E-state index in [9.17, 15) is 9.59 Å². The highest BCUT2D eigenvalue weighted by molar-refractivity contribution is 7.99. The Morgan fingerprint density at radius 3 is 2.63 bits per heavy atom. The van der Waals surface area contributed by atoms with Crippen LogP contribution >= 0.6 is 11.8 Å². The van der Waals surface area contributed by atoms with Crippen LogP contribution in [-0.2, 0) is 4.79 Å². The molecule has 35 heavy (non-hydrogen) atoms. The second-order valence-electron chi connectivity index (χ2n) is 8.13. The third-order valence-corrected chi connectivity index (χ3v) is 6.84. The Balaban J connectivity index is 1.93. The molecule has 0 radical (unpaired) electrons. The second-order valence-corrected chi connectivity index (χ2v) is 9.38. The fraction of sp³-hybridized carbons (Fsp3) is 0.259. The average molecular weight is 488 g/mol. The molecule has 1 amide bonds. The van der Waals surface area contributed by atoms with Crippen LogP contribution in [-0.4, -0.2) is 28.3 Å². The molecule has 2 heterocycles. The van der Waals surface area contributed by atoms with Gasteiger partial charge < -0.3 is 4.74 Å². The number of aromatic nitrogens is 3. The lowest BCUT2D eigenvalue weighted by atomic mass is 9.96. The first-order chi connectivity index (χ1) is 17.1. The van der Waals surface area contributed by atoms with Crippen molar-refractivity contribution < 1.29 is 14.2 Å². The first kappa shape index (κ1) is 23.1. The number of carbonyl (C=O) groups excluding carboxylic acids is 1. The van der Waals surface area contributed by atoms with Gasteiger partial charge in [0.2, 0.25) is 11.1 Å². The first-order valence-electron chi connectivity index (χ1n) is 11.8. The number of carbonyl (C=O) groups is 1. The van der Waals surface area contributed by atoms with Gasteiger partial charge >= 0.3 is 11.3 Å². The molecular weight excluding hydrogens is 460 g/mol. The van der Waals surface area contributed by atoms with Crippen LogP contribution in [0.1, 0.15) is 38.9 Å². The van der Waals surface area contributed by atoms with Gasteiger partial charge in [-0.1, -0.05) is 68.1 Å². The van der Waals surface area contributed by atoms with Crippen LogP contribution in [0.2, 0.25) is 0 Å². The van der Waals surface area contributed by atoms with Gasteiger partial charge in [-0.3, -0.25) is 14.6 Å². The van der Waals surface area contributed by atoms with Crippen LogP contribution < -0.4 is 19.9 Å². The molecule has 0 fully saturated rings. The number of fused-ring (bicyclic) bond motifs is 4. The van der Waals surface area contributed by atoms with Gasteiger partial charge in [-0.15, -0.1) is 0 Å². The Labute approximate surface area is 207 Å². The molecule has 1 atom stereocenters. The number of amides is 1. The van der Waals surface area contributed by atoms with Crippen LogP contribution in [0.25, 0.3) is 22.0 Å². The highest BCUT2D eigenvalue weighted by atomic mass is 32.2. The number of nitrogens with zero attached hydrogens (tertiary/aromatic N) is 3. The van der Waals surface area contributed by atoms with Crippen molar-refractivity contribution in [3.63, 3.8) is 0 Å². The van der Waals surface area contributed by atoms with Crippen LogP contribution in [0.5, 0.6) is 5.75 Å². The predicted molar refractivity (Wildman–Crippen MR) is 138 cm³/mol. The number of H-pyrrole nitrogens is 1. The first-order valence-corrected chi connectivity index (χ1v) is 12.8. The number of benzene rings is 3. The largest absolute Gasteiger partial charge is 0.493 e. The Morgan fingerprint density at radius 2 is 1.86 bits per heavy atom. The fourth-order valence-electron chi connectivity index (χ4n) is 4.70. The van der Waals surface area contributed by atoms with Gasteiger partial charge in [0.1, 0.15) is 5.75 Å². The molecule has 1 aliphatic rings. The van der Waals surface area contributed by atoms with Crippen LogP contribution in [0, 0.1) is 0 Å². The molecule has 0 bridgehead atoms. The highest BCUT2D eigenvalue weighted by Gasteiger charge is 2.47. The summed E-state index contributed by atoms with van der Waals surface area (Å²) in [5, 5.41) is 7.34. The lowest BCUT2D eigenvalue weighted by molar-refractivity contribution is -0.763. The zero-order valence-corrected chi connectivity index (χ0v) is 20.8. The number of nitrogens with one attached hydrogen (secondary N) is 1. The number of ether oxygens (including phenoxy) is 1. The monoisotopic (exact) mass is 487 g/mol. The van der Waals surface area contributed by atoms with E-state index < -0.39 is 6.17 Å². The van der Waals surface area contributed by atoms with Gasteiger partial charge in [0, 0.05) is 11.5 Å². The second kappa shape index (κ2) is 9.54. The summed E-state index contributed by atoms with van der Waals surface area (Å²) < 4.78 is 7.81. The quantitative estimate of drug-likeness (QED) is 0.315. The van der Waals surface area contributed by atoms with E-state index in [-0.39, 0.29) is 11.5 Å². The summed E-state index contributed by atoms with van der Waals surface area (Å²) in [6.07, 6.45) is -0.395. The molecule has 178 valence electrons. The molecule has 1 N–H and O–H groups in total. The molecule has 0 saturated carbocycles. The van der Waals surface area contributed by atoms with Crippen molar-refractivity contribution >= 4 is 34.1 Å². The Morgan fingerprint density at radius 1 is 1.09 bits per heavy atom. The third-order valence-electron chi connectivity index (χ3n) is 6.10. The van der Waals surface area contributed by atoms with Crippen molar-refractivity contribution in [2.24, 2.45) is 0 Å². The van der Waals surface area contributed by atoms with Crippen molar-refractivity contribution in [3.8, 4) is 17.0 Å². The normalized spacial score (nSPS) is 14.5. The van der Waals surface area contributed by atoms with Gasteiger partial charge in [0.25, 0.3) is 6.17 Å². The van der Waals surface area contributed by atoms with Crippen molar-refractivity contribution in [1.29, 1.82) is 0 Å². The molecule has 5 rings (SSSR count). The van der Waals surface area contributed by atoms with Crippen LogP contribution in [0.4, 0.5) is 5.69 Å². The SMILES string of the molecule is CCOc1ccc2ccccc2c1[C@H]1N(C(=O)CC)c2ccccc2-c2c(=O)[nH]c(SCC)n[n+]21. The van der Waals surface area contributed by atoms with Crippen molar-refractivity contribution in [2.45, 2.75) is 38.5 Å². The summed E-state index contributed by atoms with van der Waals surface area (Å²) in [6, 6.07) is 19.5. The molecule has 0 unspecified atom stereocenters. The summed E-state index contributed by atoms with van der Waals surface area (Å²) in [5.41, 5.74) is 2.34. The van der Waals surface area contributed by atoms with E-state index >= 15 is 0 Å². The molecule has 1 aliphatic heterocycles. The van der Waals surface area contributed by atoms with E-state index in [1.165, 1.54) is 11.8 Å². The summed E-state index contributed by atoms with van der Waals surface area (Å²) in [4.78, 5) is 31.7. The lowest BCUT2D eigenvalue weighted by Crippen LogP contribution is -2.61. The summed E-state index contributed by atoms with van der Waals surface area (Å²) in [5.74, 6) is 1.34. The molecular formula is C27H27N4O3S+. The van der Waals surface area contributed by atoms with Crippen LogP contribution in [0.3, 0.4) is 0 Å². The van der Waals surface area contributed by atoms with Crippen molar-refractivity contribution in [1.82, 2.24) is 10.1 Å². The summed E-state index contributed by atoms with van der Waals surface area (Å²) in [7, 11) is 0. The molecule has 0 saturated heterocycles. The van der Waals surface area contributed by atoms with E-state index in [1.54, 1.807) is 9.58 Å². The zero-order valence-electron chi connectivity index (χ0n) is 19.9. The fourth-order valence-corrected chi connectivity index (χ4v) is 5.28. The molecule has 3 aromatic carbocycles. The number of thioether (sulfide) groups is 1. The van der Waals surface area contributed by atoms with Gasteiger partial charge in [0.05, 0.1) is 23.4 Å². The molecule has 4 aromatic rings. The van der Waals surface area contributed by atoms with E-state index in [0.717, 1.165) is 22.1 Å². The Kier molecular flexibility index (Phi) is 6.30. The minimum atomic E-state index is -0.696. The Bertz CT molecular complexity index is 1480. The number of anilines is 1.